The van der Waals surface area contributed by atoms with Crippen molar-refractivity contribution in [2.75, 3.05) is 11.9 Å². The summed E-state index contributed by atoms with van der Waals surface area (Å²) in [5.41, 5.74) is 0.825. The van der Waals surface area contributed by atoms with Crippen LogP contribution in [-0.4, -0.2) is 41.9 Å². The number of amides is 3. The van der Waals surface area contributed by atoms with Crippen molar-refractivity contribution in [1.82, 2.24) is 10.6 Å². The van der Waals surface area contributed by atoms with E-state index >= 15 is 0 Å². The van der Waals surface area contributed by atoms with Gasteiger partial charge in [-0.2, -0.15) is 0 Å². The molecule has 1 fully saturated rings. The Labute approximate surface area is 178 Å². The molecule has 0 bridgehead atoms. The minimum absolute atomic E-state index is 0.0491. The van der Waals surface area contributed by atoms with Gasteiger partial charge >= 0.3 is 6.03 Å². The maximum atomic E-state index is 13.7. The maximum absolute atomic E-state index is 13.7. The van der Waals surface area contributed by atoms with Crippen LogP contribution in [0.15, 0.2) is 48.5 Å². The number of aliphatic hydroxyl groups excluding tert-OH is 1. The summed E-state index contributed by atoms with van der Waals surface area (Å²) < 4.78 is 32.4. The van der Waals surface area contributed by atoms with E-state index in [1.807, 2.05) is 0 Å². The van der Waals surface area contributed by atoms with Crippen LogP contribution in [0.3, 0.4) is 0 Å². The molecule has 0 saturated carbocycles. The SMILES string of the molecule is O=C(C[C@@H]1CC[C@@H](NC(=O)Nc2ccccc2F)[C@H](CO)O1)NCc1ccc(F)cc1. The van der Waals surface area contributed by atoms with Crippen LogP contribution in [0.2, 0.25) is 0 Å². The lowest BCUT2D eigenvalue weighted by Gasteiger charge is -2.35. The zero-order valence-corrected chi connectivity index (χ0v) is 16.8. The topological polar surface area (TPSA) is 99.7 Å². The number of para-hydroxylation sites is 1. The summed E-state index contributed by atoms with van der Waals surface area (Å²) in [7, 11) is 0. The van der Waals surface area contributed by atoms with E-state index in [2.05, 4.69) is 16.0 Å². The number of hydrogen-bond donors (Lipinski definition) is 4. The van der Waals surface area contributed by atoms with Crippen molar-refractivity contribution < 1.29 is 28.2 Å². The molecule has 7 nitrogen and oxygen atoms in total. The normalized spacial score (nSPS) is 20.7. The van der Waals surface area contributed by atoms with Crippen LogP contribution in [0.1, 0.15) is 24.8 Å². The first kappa shape index (κ1) is 22.6. The minimum atomic E-state index is -0.685. The van der Waals surface area contributed by atoms with Gasteiger partial charge in [-0.25, -0.2) is 13.6 Å². The molecule has 1 heterocycles. The fourth-order valence-electron chi connectivity index (χ4n) is 3.42. The van der Waals surface area contributed by atoms with Gasteiger partial charge in [0, 0.05) is 6.54 Å². The first-order chi connectivity index (χ1) is 14.9. The predicted molar refractivity (Wildman–Crippen MR) is 110 cm³/mol. The maximum Gasteiger partial charge on any atom is 0.319 e. The largest absolute Gasteiger partial charge is 0.394 e. The number of nitrogens with one attached hydrogen (secondary N) is 3. The zero-order chi connectivity index (χ0) is 22.2. The number of ether oxygens (including phenoxy) is 1. The Morgan fingerprint density at radius 2 is 1.81 bits per heavy atom. The van der Waals surface area contributed by atoms with Gasteiger partial charge in [0.1, 0.15) is 17.7 Å². The summed E-state index contributed by atoms with van der Waals surface area (Å²) in [6.07, 6.45) is 0.0102. The Bertz CT molecular complexity index is 895. The van der Waals surface area contributed by atoms with Gasteiger partial charge in [0.25, 0.3) is 0 Å². The zero-order valence-electron chi connectivity index (χ0n) is 16.8. The molecule has 166 valence electrons. The second-order valence-corrected chi connectivity index (χ2v) is 7.35. The molecule has 3 rings (SSSR count). The van der Waals surface area contributed by atoms with Gasteiger partial charge in [-0.15, -0.1) is 0 Å². The standard InChI is InChI=1S/C22H25F2N3O4/c23-15-7-5-14(6-8-15)12-25-21(29)11-16-9-10-19(20(13-28)31-16)27-22(30)26-18-4-2-1-3-17(18)24/h1-8,16,19-20,28H,9-13H2,(H,25,29)(H2,26,27,30)/t16-,19+,20-/m0/s1. The number of aliphatic hydroxyl groups is 1. The quantitative estimate of drug-likeness (QED) is 0.540. The van der Waals surface area contributed by atoms with Crippen LogP contribution in [0.5, 0.6) is 0 Å². The molecule has 0 aromatic heterocycles. The van der Waals surface area contributed by atoms with Gasteiger partial charge in [-0.05, 0) is 42.7 Å². The molecule has 31 heavy (non-hydrogen) atoms. The molecule has 1 aliphatic rings. The van der Waals surface area contributed by atoms with Crippen LogP contribution >= 0.6 is 0 Å². The fraction of sp³-hybridized carbons (Fsp3) is 0.364. The Hall–Kier alpha value is -3.04. The highest BCUT2D eigenvalue weighted by atomic mass is 19.1. The number of benzene rings is 2. The van der Waals surface area contributed by atoms with Crippen molar-refractivity contribution in [1.29, 1.82) is 0 Å². The predicted octanol–water partition coefficient (Wildman–Crippen LogP) is 2.70. The molecule has 1 saturated heterocycles. The minimum Gasteiger partial charge on any atom is -0.394 e. The van der Waals surface area contributed by atoms with Gasteiger partial charge < -0.3 is 25.8 Å². The molecule has 3 amide bonds. The van der Waals surface area contributed by atoms with E-state index in [1.165, 1.54) is 30.3 Å². The lowest BCUT2D eigenvalue weighted by atomic mass is 9.97. The van der Waals surface area contributed by atoms with Crippen molar-refractivity contribution in [2.45, 2.75) is 44.1 Å². The van der Waals surface area contributed by atoms with Gasteiger partial charge in [0.05, 0.1) is 30.9 Å². The number of halogens is 2. The van der Waals surface area contributed by atoms with E-state index in [4.69, 9.17) is 4.74 Å². The third-order valence-corrected chi connectivity index (χ3v) is 5.05. The van der Waals surface area contributed by atoms with Crippen LogP contribution in [0, 0.1) is 11.6 Å². The fourth-order valence-corrected chi connectivity index (χ4v) is 3.42. The Morgan fingerprint density at radius 1 is 1.06 bits per heavy atom. The summed E-state index contributed by atoms with van der Waals surface area (Å²) in [5, 5.41) is 17.5. The number of hydrogen-bond acceptors (Lipinski definition) is 4. The summed E-state index contributed by atoms with van der Waals surface area (Å²) in [4.78, 5) is 24.4. The van der Waals surface area contributed by atoms with Crippen LogP contribution in [-0.2, 0) is 16.1 Å². The average Bonchev–Trinajstić information content (AvgIpc) is 2.76. The average molecular weight is 433 g/mol. The molecule has 0 unspecified atom stereocenters. The molecule has 0 radical (unpaired) electrons. The van der Waals surface area contributed by atoms with Gasteiger partial charge in [0.2, 0.25) is 5.91 Å². The van der Waals surface area contributed by atoms with Gasteiger partial charge in [0.15, 0.2) is 0 Å². The summed E-state index contributed by atoms with van der Waals surface area (Å²) in [5.74, 6) is -1.12. The number of carbonyl (C=O) groups excluding carboxylic acids is 2. The number of rotatable bonds is 7. The Balaban J connectivity index is 1.45. The highest BCUT2D eigenvalue weighted by Crippen LogP contribution is 2.22. The molecule has 4 N–H and O–H groups in total. The first-order valence-corrected chi connectivity index (χ1v) is 10.0. The Kier molecular flexibility index (Phi) is 7.91. The molecule has 2 aromatic carbocycles. The molecule has 9 heteroatoms. The molecular formula is C22H25F2N3O4. The molecule has 0 spiro atoms. The van der Waals surface area contributed by atoms with E-state index in [0.29, 0.717) is 12.8 Å². The molecule has 2 aromatic rings. The third kappa shape index (κ3) is 6.73. The highest BCUT2D eigenvalue weighted by molar-refractivity contribution is 5.89. The van der Waals surface area contributed by atoms with Crippen molar-refractivity contribution in [3.63, 3.8) is 0 Å². The molecule has 0 aliphatic carbocycles. The second-order valence-electron chi connectivity index (χ2n) is 7.35. The third-order valence-electron chi connectivity index (χ3n) is 5.05. The highest BCUT2D eigenvalue weighted by Gasteiger charge is 2.33. The Morgan fingerprint density at radius 3 is 2.52 bits per heavy atom. The lowest BCUT2D eigenvalue weighted by molar-refractivity contribution is -0.130. The molecule has 1 aliphatic heterocycles. The summed E-state index contributed by atoms with van der Waals surface area (Å²) in [6.45, 7) is -0.0615. The van der Waals surface area contributed by atoms with E-state index in [9.17, 15) is 23.5 Å². The second kappa shape index (κ2) is 10.8. The summed E-state index contributed by atoms with van der Waals surface area (Å²) in [6, 6.07) is 10.6. The van der Waals surface area contributed by atoms with Crippen LogP contribution < -0.4 is 16.0 Å². The van der Waals surface area contributed by atoms with E-state index < -0.39 is 30.1 Å². The van der Waals surface area contributed by atoms with Crippen molar-refractivity contribution >= 4 is 17.6 Å². The van der Waals surface area contributed by atoms with Crippen molar-refractivity contribution in [2.24, 2.45) is 0 Å². The number of anilines is 1. The van der Waals surface area contributed by atoms with E-state index in [1.54, 1.807) is 18.2 Å². The van der Waals surface area contributed by atoms with Crippen molar-refractivity contribution in [3.8, 4) is 0 Å². The lowest BCUT2D eigenvalue weighted by Crippen LogP contribution is -2.52. The molecular weight excluding hydrogens is 408 g/mol. The van der Waals surface area contributed by atoms with Gasteiger partial charge in [-0.1, -0.05) is 24.3 Å². The monoisotopic (exact) mass is 433 g/mol. The van der Waals surface area contributed by atoms with Gasteiger partial charge in [-0.3, -0.25) is 4.79 Å². The van der Waals surface area contributed by atoms with E-state index in [0.717, 1.165) is 5.56 Å². The van der Waals surface area contributed by atoms with Crippen LogP contribution in [0.4, 0.5) is 19.3 Å². The first-order valence-electron chi connectivity index (χ1n) is 10.0. The summed E-state index contributed by atoms with van der Waals surface area (Å²) >= 11 is 0. The van der Waals surface area contributed by atoms with E-state index in [-0.39, 0.29) is 37.0 Å². The van der Waals surface area contributed by atoms with Crippen molar-refractivity contribution in [3.05, 3.63) is 65.7 Å². The number of urea groups is 1. The smallest absolute Gasteiger partial charge is 0.319 e. The van der Waals surface area contributed by atoms with Crippen LogP contribution in [0.25, 0.3) is 0 Å². The molecule has 3 atom stereocenters. The number of carbonyl (C=O) groups is 2.